The molecule has 1 fully saturated rings. The third-order valence-corrected chi connectivity index (χ3v) is 5.50. The highest BCUT2D eigenvalue weighted by Crippen LogP contribution is 2.24. The summed E-state index contributed by atoms with van der Waals surface area (Å²) in [6, 6.07) is 14.4. The molecule has 2 amide bonds. The molecule has 2 N–H and O–H groups in total. The van der Waals surface area contributed by atoms with E-state index in [0.717, 1.165) is 17.7 Å². The average molecular weight is 397 g/mol. The van der Waals surface area contributed by atoms with Crippen LogP contribution < -0.4 is 5.73 Å². The minimum absolute atomic E-state index is 0.146. The van der Waals surface area contributed by atoms with Crippen LogP contribution in [0.3, 0.4) is 0 Å². The third-order valence-electron chi connectivity index (χ3n) is 5.50. The summed E-state index contributed by atoms with van der Waals surface area (Å²) in [5.74, 6) is -0.604. The van der Waals surface area contributed by atoms with Crippen molar-refractivity contribution in [3.63, 3.8) is 0 Å². The van der Waals surface area contributed by atoms with E-state index < -0.39 is 0 Å². The van der Waals surface area contributed by atoms with Gasteiger partial charge < -0.3 is 15.5 Å². The van der Waals surface area contributed by atoms with E-state index in [1.54, 1.807) is 12.1 Å². The zero-order valence-corrected chi connectivity index (χ0v) is 16.8. The highest BCUT2D eigenvalue weighted by atomic mass is 19.1. The van der Waals surface area contributed by atoms with E-state index >= 15 is 0 Å². The standard InChI is InChI=1S/C23H28FN3O2/c1-2-27-14-13-26(12-11-22(25)28)16-19(23(27)29)15-17-7-9-18(10-8-17)20-5-3-4-6-21(20)24/h3-10,19H,2,11-16H2,1H3,(H2,25,28)/t19-/m1/s1. The van der Waals surface area contributed by atoms with E-state index in [9.17, 15) is 14.0 Å². The monoisotopic (exact) mass is 397 g/mol. The smallest absolute Gasteiger partial charge is 0.227 e. The number of nitrogens with zero attached hydrogens (tertiary/aromatic N) is 2. The van der Waals surface area contributed by atoms with E-state index in [1.807, 2.05) is 42.2 Å². The Bertz CT molecular complexity index is 853. The Balaban J connectivity index is 1.74. The van der Waals surface area contributed by atoms with E-state index in [2.05, 4.69) is 4.90 Å². The van der Waals surface area contributed by atoms with E-state index in [-0.39, 0.29) is 23.5 Å². The Labute approximate surface area is 171 Å². The SMILES string of the molecule is CCN1CCN(CCC(N)=O)C[C@@H](Cc2ccc(-c3ccccc3F)cc2)C1=O. The summed E-state index contributed by atoms with van der Waals surface area (Å²) in [4.78, 5) is 28.1. The number of carbonyl (C=O) groups excluding carboxylic acids is 2. The van der Waals surface area contributed by atoms with Gasteiger partial charge in [-0.15, -0.1) is 0 Å². The molecule has 0 spiro atoms. The number of carbonyl (C=O) groups is 2. The number of likely N-dealkylation sites (N-methyl/N-ethyl adjacent to an activating group) is 1. The van der Waals surface area contributed by atoms with Crippen molar-refractivity contribution in [2.75, 3.05) is 32.7 Å². The lowest BCUT2D eigenvalue weighted by molar-refractivity contribution is -0.134. The Morgan fingerprint density at radius 3 is 2.52 bits per heavy atom. The molecule has 2 aromatic carbocycles. The minimum atomic E-state index is -0.326. The number of hydrogen-bond acceptors (Lipinski definition) is 3. The van der Waals surface area contributed by atoms with Gasteiger partial charge in [-0.05, 0) is 30.5 Å². The molecule has 3 rings (SSSR count). The van der Waals surface area contributed by atoms with Gasteiger partial charge in [0.15, 0.2) is 0 Å². The van der Waals surface area contributed by atoms with Crippen LogP contribution >= 0.6 is 0 Å². The molecule has 2 aromatic rings. The fourth-order valence-electron chi connectivity index (χ4n) is 3.85. The number of nitrogens with two attached hydrogens (primary N) is 1. The number of amides is 2. The van der Waals surface area contributed by atoms with Gasteiger partial charge in [0.25, 0.3) is 0 Å². The Kier molecular flexibility index (Phi) is 6.99. The third kappa shape index (κ3) is 5.41. The fourth-order valence-corrected chi connectivity index (χ4v) is 3.85. The highest BCUT2D eigenvalue weighted by Gasteiger charge is 2.29. The van der Waals surface area contributed by atoms with Crippen LogP contribution in [0.1, 0.15) is 18.9 Å². The first-order chi connectivity index (χ1) is 14.0. The first-order valence-corrected chi connectivity index (χ1v) is 10.1. The molecule has 0 aromatic heterocycles. The lowest BCUT2D eigenvalue weighted by atomic mass is 9.95. The zero-order chi connectivity index (χ0) is 20.8. The maximum Gasteiger partial charge on any atom is 0.227 e. The molecule has 29 heavy (non-hydrogen) atoms. The second-order valence-electron chi connectivity index (χ2n) is 7.51. The number of benzene rings is 2. The second-order valence-corrected chi connectivity index (χ2v) is 7.51. The molecule has 0 bridgehead atoms. The van der Waals surface area contributed by atoms with Gasteiger partial charge >= 0.3 is 0 Å². The van der Waals surface area contributed by atoms with Gasteiger partial charge in [0.1, 0.15) is 5.82 Å². The number of hydrogen-bond donors (Lipinski definition) is 1. The van der Waals surface area contributed by atoms with E-state index in [1.165, 1.54) is 6.07 Å². The summed E-state index contributed by atoms with van der Waals surface area (Å²) in [6.45, 7) is 5.25. The van der Waals surface area contributed by atoms with Crippen LogP contribution in [0.4, 0.5) is 4.39 Å². The molecule has 0 aliphatic carbocycles. The highest BCUT2D eigenvalue weighted by molar-refractivity contribution is 5.80. The normalized spacial score (nSPS) is 17.9. The zero-order valence-electron chi connectivity index (χ0n) is 16.8. The van der Waals surface area contributed by atoms with Gasteiger partial charge in [0.05, 0.1) is 5.92 Å². The first-order valence-electron chi connectivity index (χ1n) is 10.1. The van der Waals surface area contributed by atoms with Crippen LogP contribution in [0.15, 0.2) is 48.5 Å². The first kappa shape index (κ1) is 21.0. The molecule has 1 aliphatic rings. The van der Waals surface area contributed by atoms with Crippen LogP contribution in [0.2, 0.25) is 0 Å². The lowest BCUT2D eigenvalue weighted by Gasteiger charge is -2.23. The largest absolute Gasteiger partial charge is 0.370 e. The molecule has 1 heterocycles. The summed E-state index contributed by atoms with van der Waals surface area (Å²) in [5.41, 5.74) is 7.71. The van der Waals surface area contributed by atoms with Crippen molar-refractivity contribution < 1.29 is 14.0 Å². The van der Waals surface area contributed by atoms with Crippen molar-refractivity contribution in [1.29, 1.82) is 0 Å². The Morgan fingerprint density at radius 2 is 1.86 bits per heavy atom. The average Bonchev–Trinajstić information content (AvgIpc) is 2.86. The van der Waals surface area contributed by atoms with Crippen LogP contribution in [0.25, 0.3) is 11.1 Å². The molecule has 1 aliphatic heterocycles. The molecule has 1 atom stereocenters. The molecular weight excluding hydrogens is 369 g/mol. The maximum atomic E-state index is 14.0. The predicted octanol–water partition coefficient (Wildman–Crippen LogP) is 2.69. The molecule has 0 radical (unpaired) electrons. The predicted molar refractivity (Wildman–Crippen MR) is 112 cm³/mol. The van der Waals surface area contributed by atoms with E-state index in [0.29, 0.717) is 44.6 Å². The van der Waals surface area contributed by atoms with Crippen LogP contribution in [-0.4, -0.2) is 54.3 Å². The molecule has 0 saturated carbocycles. The molecule has 0 unspecified atom stereocenters. The maximum absolute atomic E-state index is 14.0. The van der Waals surface area contributed by atoms with Crippen molar-refractivity contribution >= 4 is 11.8 Å². The Hall–Kier alpha value is -2.73. The fraction of sp³-hybridized carbons (Fsp3) is 0.391. The van der Waals surface area contributed by atoms with Gasteiger partial charge in [0.2, 0.25) is 11.8 Å². The lowest BCUT2D eigenvalue weighted by Crippen LogP contribution is -2.37. The summed E-state index contributed by atoms with van der Waals surface area (Å²) < 4.78 is 14.0. The summed E-state index contributed by atoms with van der Waals surface area (Å²) in [5, 5.41) is 0. The van der Waals surface area contributed by atoms with Gasteiger partial charge in [-0.2, -0.15) is 0 Å². The van der Waals surface area contributed by atoms with Gasteiger partial charge in [-0.3, -0.25) is 9.59 Å². The van der Waals surface area contributed by atoms with Crippen LogP contribution in [0.5, 0.6) is 0 Å². The van der Waals surface area contributed by atoms with Crippen molar-refractivity contribution in [1.82, 2.24) is 9.80 Å². The van der Waals surface area contributed by atoms with Crippen molar-refractivity contribution in [2.45, 2.75) is 19.8 Å². The molecular formula is C23H28FN3O2. The van der Waals surface area contributed by atoms with Crippen LogP contribution in [0, 0.1) is 11.7 Å². The minimum Gasteiger partial charge on any atom is -0.370 e. The summed E-state index contributed by atoms with van der Waals surface area (Å²) in [7, 11) is 0. The Morgan fingerprint density at radius 1 is 1.14 bits per heavy atom. The van der Waals surface area contributed by atoms with Crippen molar-refractivity contribution in [3.8, 4) is 11.1 Å². The topological polar surface area (TPSA) is 66.6 Å². The van der Waals surface area contributed by atoms with Gasteiger partial charge in [-0.25, -0.2) is 4.39 Å². The summed E-state index contributed by atoms with van der Waals surface area (Å²) in [6.07, 6.45) is 0.907. The van der Waals surface area contributed by atoms with Crippen molar-refractivity contribution in [2.24, 2.45) is 11.7 Å². The molecule has 5 nitrogen and oxygen atoms in total. The van der Waals surface area contributed by atoms with Crippen LogP contribution in [-0.2, 0) is 16.0 Å². The van der Waals surface area contributed by atoms with Gasteiger partial charge in [-0.1, -0.05) is 42.5 Å². The molecule has 154 valence electrons. The second kappa shape index (κ2) is 9.65. The summed E-state index contributed by atoms with van der Waals surface area (Å²) >= 11 is 0. The number of rotatable bonds is 7. The number of primary amides is 1. The van der Waals surface area contributed by atoms with E-state index in [4.69, 9.17) is 5.73 Å². The molecule has 6 heteroatoms. The van der Waals surface area contributed by atoms with Crippen molar-refractivity contribution in [3.05, 3.63) is 59.9 Å². The van der Waals surface area contributed by atoms with Gasteiger partial charge in [0, 0.05) is 44.7 Å². The quantitative estimate of drug-likeness (QED) is 0.781. The number of halogens is 1. The molecule has 1 saturated heterocycles.